The van der Waals surface area contributed by atoms with E-state index >= 15 is 0 Å². The highest BCUT2D eigenvalue weighted by atomic mass is 127. The molecular formula is C21H37IN4O. The van der Waals surface area contributed by atoms with Gasteiger partial charge in [-0.3, -0.25) is 4.90 Å². The summed E-state index contributed by atoms with van der Waals surface area (Å²) in [5.74, 6) is 0.876. The van der Waals surface area contributed by atoms with Crippen molar-refractivity contribution in [3.05, 3.63) is 35.4 Å². The molecule has 0 bridgehead atoms. The van der Waals surface area contributed by atoms with E-state index in [1.807, 2.05) is 0 Å². The molecule has 0 heterocycles. The Morgan fingerprint density at radius 1 is 1.19 bits per heavy atom. The van der Waals surface area contributed by atoms with Gasteiger partial charge in [-0.05, 0) is 64.6 Å². The van der Waals surface area contributed by atoms with E-state index in [1.165, 1.54) is 11.1 Å². The van der Waals surface area contributed by atoms with Crippen molar-refractivity contribution >= 4 is 29.9 Å². The maximum Gasteiger partial charge on any atom is 0.191 e. The number of aliphatic hydroxyl groups excluding tert-OH is 1. The molecule has 3 N–H and O–H groups in total. The fourth-order valence-corrected chi connectivity index (χ4v) is 3.22. The van der Waals surface area contributed by atoms with E-state index in [2.05, 4.69) is 67.6 Å². The predicted molar refractivity (Wildman–Crippen MR) is 125 cm³/mol. The number of nitrogens with zero attached hydrogens (tertiary/aromatic N) is 2. The number of nitrogens with one attached hydrogen (secondary N) is 2. The van der Waals surface area contributed by atoms with Gasteiger partial charge in [0.25, 0.3) is 0 Å². The molecule has 0 spiro atoms. The van der Waals surface area contributed by atoms with Crippen LogP contribution in [0.2, 0.25) is 0 Å². The second kappa shape index (κ2) is 12.6. The fraction of sp³-hybridized carbons (Fsp3) is 0.667. The second-order valence-corrected chi connectivity index (χ2v) is 7.62. The summed E-state index contributed by atoms with van der Waals surface area (Å²) in [6.45, 7) is 8.98. The summed E-state index contributed by atoms with van der Waals surface area (Å²) in [5.41, 5.74) is 2.61. The van der Waals surface area contributed by atoms with Crippen LogP contribution in [0.3, 0.4) is 0 Å². The van der Waals surface area contributed by atoms with Crippen LogP contribution in [0.15, 0.2) is 29.3 Å². The van der Waals surface area contributed by atoms with Gasteiger partial charge in [0, 0.05) is 25.2 Å². The minimum Gasteiger partial charge on any atom is -0.393 e. The van der Waals surface area contributed by atoms with Gasteiger partial charge < -0.3 is 15.7 Å². The average molecular weight is 488 g/mol. The number of halogens is 1. The Morgan fingerprint density at radius 3 is 2.41 bits per heavy atom. The van der Waals surface area contributed by atoms with E-state index < -0.39 is 0 Å². The van der Waals surface area contributed by atoms with Crippen molar-refractivity contribution in [2.24, 2.45) is 4.99 Å². The maximum atomic E-state index is 9.68. The highest BCUT2D eigenvalue weighted by Gasteiger charge is 2.20. The molecule has 0 saturated heterocycles. The Balaban J connectivity index is 0.00000364. The lowest BCUT2D eigenvalue weighted by molar-refractivity contribution is 0.120. The largest absolute Gasteiger partial charge is 0.393 e. The Hall–Kier alpha value is -0.860. The zero-order chi connectivity index (χ0) is 18.9. The van der Waals surface area contributed by atoms with Gasteiger partial charge in [-0.15, -0.1) is 24.0 Å². The van der Waals surface area contributed by atoms with E-state index in [4.69, 9.17) is 4.99 Å². The summed E-state index contributed by atoms with van der Waals surface area (Å²) < 4.78 is 0. The highest BCUT2D eigenvalue weighted by molar-refractivity contribution is 14.0. The van der Waals surface area contributed by atoms with Crippen molar-refractivity contribution < 1.29 is 5.11 Å². The smallest absolute Gasteiger partial charge is 0.191 e. The third kappa shape index (κ3) is 8.35. The van der Waals surface area contributed by atoms with E-state index in [0.29, 0.717) is 18.6 Å². The van der Waals surface area contributed by atoms with Crippen LogP contribution < -0.4 is 10.6 Å². The van der Waals surface area contributed by atoms with Crippen molar-refractivity contribution in [2.45, 2.75) is 77.7 Å². The highest BCUT2D eigenvalue weighted by Crippen LogP contribution is 2.18. The molecule has 2 rings (SSSR count). The topological polar surface area (TPSA) is 59.9 Å². The normalized spacial score (nSPS) is 20.5. The number of hydrogen-bond donors (Lipinski definition) is 3. The van der Waals surface area contributed by atoms with E-state index in [1.54, 1.807) is 0 Å². The Labute approximate surface area is 182 Å². The summed E-state index contributed by atoms with van der Waals surface area (Å²) >= 11 is 0. The Kier molecular flexibility index (Phi) is 11.3. The zero-order valence-electron chi connectivity index (χ0n) is 17.2. The molecule has 0 aromatic heterocycles. The lowest BCUT2D eigenvalue weighted by Crippen LogP contribution is -2.45. The van der Waals surface area contributed by atoms with Crippen LogP contribution in [0.4, 0.5) is 0 Å². The van der Waals surface area contributed by atoms with Gasteiger partial charge in [-0.1, -0.05) is 24.3 Å². The maximum absolute atomic E-state index is 9.68. The molecule has 0 atom stereocenters. The number of benzene rings is 1. The first-order valence-corrected chi connectivity index (χ1v) is 9.99. The van der Waals surface area contributed by atoms with Gasteiger partial charge in [0.15, 0.2) is 5.96 Å². The summed E-state index contributed by atoms with van der Waals surface area (Å²) in [6, 6.07) is 9.49. The van der Waals surface area contributed by atoms with Gasteiger partial charge >= 0.3 is 0 Å². The van der Waals surface area contributed by atoms with Crippen LogP contribution in [0, 0.1) is 0 Å². The molecule has 6 heteroatoms. The van der Waals surface area contributed by atoms with Crippen molar-refractivity contribution in [3.8, 4) is 0 Å². The summed E-state index contributed by atoms with van der Waals surface area (Å²) in [5, 5.41) is 16.6. The molecule has 5 nitrogen and oxygen atoms in total. The van der Waals surface area contributed by atoms with Crippen molar-refractivity contribution in [1.29, 1.82) is 0 Å². The standard InChI is InChI=1S/C21H36N4O.HI/c1-5-22-21(24-19-10-12-20(26)13-11-19)23-14-17-8-6-7-9-18(17)15-25(4)16(2)3;/h6-9,16,19-20,26H,5,10-15H2,1-4H3,(H2,22,23,24);1H. The lowest BCUT2D eigenvalue weighted by Gasteiger charge is -2.27. The van der Waals surface area contributed by atoms with Gasteiger partial charge in [0.1, 0.15) is 0 Å². The van der Waals surface area contributed by atoms with Crippen molar-refractivity contribution in [2.75, 3.05) is 13.6 Å². The molecule has 1 aliphatic rings. The molecular weight excluding hydrogens is 451 g/mol. The fourth-order valence-electron chi connectivity index (χ4n) is 3.22. The van der Waals surface area contributed by atoms with Crippen LogP contribution in [0.1, 0.15) is 57.6 Å². The van der Waals surface area contributed by atoms with Crippen molar-refractivity contribution in [1.82, 2.24) is 15.5 Å². The molecule has 0 unspecified atom stereocenters. The molecule has 0 radical (unpaired) electrons. The third-order valence-electron chi connectivity index (χ3n) is 5.21. The van der Waals surface area contributed by atoms with E-state index in [0.717, 1.165) is 44.7 Å². The lowest BCUT2D eigenvalue weighted by atomic mass is 9.93. The average Bonchev–Trinajstić information content (AvgIpc) is 2.62. The number of rotatable bonds is 7. The molecule has 27 heavy (non-hydrogen) atoms. The van der Waals surface area contributed by atoms with Crippen LogP contribution in [0.5, 0.6) is 0 Å². The molecule has 0 aliphatic heterocycles. The molecule has 0 amide bonds. The van der Waals surface area contributed by atoms with Gasteiger partial charge in [0.05, 0.1) is 12.6 Å². The van der Waals surface area contributed by atoms with Gasteiger partial charge in [0.2, 0.25) is 0 Å². The first-order valence-electron chi connectivity index (χ1n) is 9.99. The predicted octanol–water partition coefficient (Wildman–Crippen LogP) is 3.50. The molecule has 1 aromatic rings. The minimum atomic E-state index is -0.127. The molecule has 1 aromatic carbocycles. The quantitative estimate of drug-likeness (QED) is 0.313. The molecule has 1 aliphatic carbocycles. The summed E-state index contributed by atoms with van der Waals surface area (Å²) in [7, 11) is 2.16. The van der Waals surface area contributed by atoms with Gasteiger partial charge in [-0.2, -0.15) is 0 Å². The molecule has 1 saturated carbocycles. The monoisotopic (exact) mass is 488 g/mol. The number of aliphatic imine (C=N–C) groups is 1. The van der Waals surface area contributed by atoms with Crippen molar-refractivity contribution in [3.63, 3.8) is 0 Å². The summed E-state index contributed by atoms with van der Waals surface area (Å²) in [4.78, 5) is 7.17. The van der Waals surface area contributed by atoms with Crippen LogP contribution in [-0.2, 0) is 13.1 Å². The number of guanidine groups is 1. The van der Waals surface area contributed by atoms with Crippen LogP contribution in [-0.4, -0.2) is 47.7 Å². The SMILES string of the molecule is CCNC(=NCc1ccccc1CN(C)C(C)C)NC1CCC(O)CC1.I. The van der Waals surface area contributed by atoms with Crippen LogP contribution >= 0.6 is 24.0 Å². The molecule has 154 valence electrons. The first-order chi connectivity index (χ1) is 12.5. The Bertz CT molecular complexity index is 571. The Morgan fingerprint density at radius 2 is 1.81 bits per heavy atom. The molecule has 1 fully saturated rings. The zero-order valence-corrected chi connectivity index (χ0v) is 19.6. The number of hydrogen-bond acceptors (Lipinski definition) is 3. The van der Waals surface area contributed by atoms with Crippen LogP contribution in [0.25, 0.3) is 0 Å². The number of aliphatic hydroxyl groups is 1. The summed E-state index contributed by atoms with van der Waals surface area (Å²) in [6.07, 6.45) is 3.63. The van der Waals surface area contributed by atoms with Gasteiger partial charge in [-0.25, -0.2) is 4.99 Å². The van der Waals surface area contributed by atoms with E-state index in [9.17, 15) is 5.11 Å². The minimum absolute atomic E-state index is 0. The second-order valence-electron chi connectivity index (χ2n) is 7.62. The van der Waals surface area contributed by atoms with E-state index in [-0.39, 0.29) is 30.1 Å². The third-order valence-corrected chi connectivity index (χ3v) is 5.21. The first kappa shape index (κ1) is 24.2.